The molecule has 3 nitrogen and oxygen atoms in total. The largest absolute Gasteiger partial charge is 0.508 e. The van der Waals surface area contributed by atoms with E-state index in [0.717, 1.165) is 56.2 Å². The summed E-state index contributed by atoms with van der Waals surface area (Å²) in [6, 6.07) is 27.7. The average molecular weight is 418 g/mol. The lowest BCUT2D eigenvalue weighted by Crippen LogP contribution is -2.13. The lowest BCUT2D eigenvalue weighted by Gasteiger charge is -2.31. The Hall–Kier alpha value is -3.98. The number of fused-ring (bicyclic) bond motifs is 6. The second-order valence-electron chi connectivity index (χ2n) is 8.40. The zero-order valence-corrected chi connectivity index (χ0v) is 17.7. The predicted octanol–water partition coefficient (Wildman–Crippen LogP) is 7.25. The molecule has 2 N–H and O–H groups in total. The molecular formula is C29H22O3. The fraction of sp³-hybridized carbons (Fsp3) is 0.103. The van der Waals surface area contributed by atoms with E-state index >= 15 is 0 Å². The van der Waals surface area contributed by atoms with Gasteiger partial charge in [-0.1, -0.05) is 55.5 Å². The molecule has 6 rings (SSSR count). The van der Waals surface area contributed by atoms with E-state index in [2.05, 4.69) is 31.2 Å². The number of ether oxygens (including phenoxy) is 1. The number of rotatable bonds is 2. The molecule has 0 amide bonds. The first kappa shape index (κ1) is 18.8. The second-order valence-corrected chi connectivity index (χ2v) is 8.40. The van der Waals surface area contributed by atoms with E-state index in [0.29, 0.717) is 0 Å². The van der Waals surface area contributed by atoms with Gasteiger partial charge in [-0.05, 0) is 75.5 Å². The molecule has 0 unspecified atom stereocenters. The SMILES string of the molecule is CCc1ccc(C2c3c(ccc4ccc(O)cc34)Oc3ccc4ccc(O)cc4c32)cc1. The molecule has 0 saturated carbocycles. The highest BCUT2D eigenvalue weighted by Gasteiger charge is 2.32. The van der Waals surface area contributed by atoms with Gasteiger partial charge in [-0.15, -0.1) is 0 Å². The van der Waals surface area contributed by atoms with Gasteiger partial charge in [0.05, 0.1) is 0 Å². The molecule has 1 aliphatic rings. The van der Waals surface area contributed by atoms with Gasteiger partial charge >= 0.3 is 0 Å². The first-order valence-corrected chi connectivity index (χ1v) is 10.9. The van der Waals surface area contributed by atoms with E-state index < -0.39 is 0 Å². The second kappa shape index (κ2) is 7.03. The topological polar surface area (TPSA) is 49.7 Å². The zero-order chi connectivity index (χ0) is 21.8. The van der Waals surface area contributed by atoms with Crippen LogP contribution < -0.4 is 4.74 Å². The number of phenolic OH excluding ortho intramolecular Hbond substituents is 2. The Balaban J connectivity index is 1.73. The molecule has 0 bridgehead atoms. The van der Waals surface area contributed by atoms with Gasteiger partial charge in [0, 0.05) is 17.0 Å². The van der Waals surface area contributed by atoms with Crippen molar-refractivity contribution in [2.75, 3.05) is 0 Å². The summed E-state index contributed by atoms with van der Waals surface area (Å²) in [5, 5.41) is 24.6. The van der Waals surface area contributed by atoms with Gasteiger partial charge in [0.2, 0.25) is 0 Å². The fourth-order valence-electron chi connectivity index (χ4n) is 4.94. The molecule has 1 heterocycles. The van der Waals surface area contributed by atoms with Crippen molar-refractivity contribution in [3.63, 3.8) is 0 Å². The van der Waals surface area contributed by atoms with E-state index in [4.69, 9.17) is 4.74 Å². The van der Waals surface area contributed by atoms with Gasteiger partial charge in [-0.25, -0.2) is 0 Å². The molecule has 5 aromatic rings. The maximum absolute atomic E-state index is 10.3. The third-order valence-electron chi connectivity index (χ3n) is 6.53. The zero-order valence-electron chi connectivity index (χ0n) is 17.7. The summed E-state index contributed by atoms with van der Waals surface area (Å²) < 4.78 is 6.41. The monoisotopic (exact) mass is 418 g/mol. The Morgan fingerprint density at radius 3 is 1.66 bits per heavy atom. The van der Waals surface area contributed by atoms with Crippen LogP contribution in [0.5, 0.6) is 23.0 Å². The number of aryl methyl sites for hydroxylation is 1. The summed E-state index contributed by atoms with van der Waals surface area (Å²) in [6.07, 6.45) is 0.981. The number of phenols is 2. The molecule has 1 aliphatic heterocycles. The highest BCUT2D eigenvalue weighted by molar-refractivity contribution is 5.96. The highest BCUT2D eigenvalue weighted by atomic mass is 16.5. The predicted molar refractivity (Wildman–Crippen MR) is 128 cm³/mol. The molecule has 3 heteroatoms. The molecule has 5 aromatic carbocycles. The maximum Gasteiger partial charge on any atom is 0.132 e. The summed E-state index contributed by atoms with van der Waals surface area (Å²) in [5.41, 5.74) is 4.50. The third kappa shape index (κ3) is 2.82. The van der Waals surface area contributed by atoms with Crippen LogP contribution in [0, 0.1) is 0 Å². The lowest BCUT2D eigenvalue weighted by molar-refractivity contribution is 0.455. The summed E-state index contributed by atoms with van der Waals surface area (Å²) in [7, 11) is 0. The van der Waals surface area contributed by atoms with Gasteiger partial charge < -0.3 is 14.9 Å². The minimum absolute atomic E-state index is 0.101. The average Bonchev–Trinajstić information content (AvgIpc) is 2.82. The molecule has 0 spiro atoms. The van der Waals surface area contributed by atoms with E-state index in [-0.39, 0.29) is 17.4 Å². The Morgan fingerprint density at radius 2 is 1.16 bits per heavy atom. The lowest BCUT2D eigenvalue weighted by atomic mass is 9.78. The summed E-state index contributed by atoms with van der Waals surface area (Å²) in [4.78, 5) is 0. The van der Waals surface area contributed by atoms with Crippen LogP contribution in [0.2, 0.25) is 0 Å². The van der Waals surface area contributed by atoms with Crippen LogP contribution in [0.4, 0.5) is 0 Å². The number of hydrogen-bond donors (Lipinski definition) is 2. The van der Waals surface area contributed by atoms with Crippen molar-refractivity contribution in [1.82, 2.24) is 0 Å². The molecule has 32 heavy (non-hydrogen) atoms. The van der Waals surface area contributed by atoms with Crippen LogP contribution in [-0.4, -0.2) is 10.2 Å². The highest BCUT2D eigenvalue weighted by Crippen LogP contribution is 2.52. The maximum atomic E-state index is 10.3. The fourth-order valence-corrected chi connectivity index (χ4v) is 4.94. The van der Waals surface area contributed by atoms with Crippen molar-refractivity contribution >= 4 is 21.5 Å². The van der Waals surface area contributed by atoms with Crippen molar-refractivity contribution in [2.24, 2.45) is 0 Å². The summed E-state index contributed by atoms with van der Waals surface area (Å²) in [6.45, 7) is 2.15. The van der Waals surface area contributed by atoms with Gasteiger partial charge in [-0.3, -0.25) is 0 Å². The Kier molecular flexibility index (Phi) is 4.12. The number of aromatic hydroxyl groups is 2. The van der Waals surface area contributed by atoms with Gasteiger partial charge in [-0.2, -0.15) is 0 Å². The molecule has 0 radical (unpaired) electrons. The number of hydrogen-bond acceptors (Lipinski definition) is 3. The Morgan fingerprint density at radius 1 is 0.656 bits per heavy atom. The van der Waals surface area contributed by atoms with Crippen molar-refractivity contribution in [2.45, 2.75) is 19.3 Å². The van der Waals surface area contributed by atoms with E-state index in [9.17, 15) is 10.2 Å². The summed E-state index contributed by atoms with van der Waals surface area (Å²) in [5.74, 6) is 1.94. The van der Waals surface area contributed by atoms with Gasteiger partial charge in [0.25, 0.3) is 0 Å². The molecule has 0 aliphatic carbocycles. The quantitative estimate of drug-likeness (QED) is 0.311. The molecule has 0 saturated heterocycles. The standard InChI is InChI=1S/C29H22O3/c1-2-17-3-5-20(6-4-17)27-28-23-15-21(30)11-7-18(23)9-13-25(28)32-26-14-10-19-8-12-22(31)16-24(19)29(26)27/h3-16,27,30-31H,2H2,1H3. The van der Waals surface area contributed by atoms with E-state index in [1.807, 2.05) is 48.5 Å². The van der Waals surface area contributed by atoms with Crippen LogP contribution in [0.1, 0.15) is 35.1 Å². The minimum atomic E-state index is -0.101. The molecule has 0 atom stereocenters. The van der Waals surface area contributed by atoms with Crippen LogP contribution in [0.25, 0.3) is 21.5 Å². The molecular weight excluding hydrogens is 396 g/mol. The Labute approximate surface area is 186 Å². The normalized spacial score (nSPS) is 13.0. The van der Waals surface area contributed by atoms with Crippen molar-refractivity contribution in [1.29, 1.82) is 0 Å². The Bertz CT molecular complexity index is 1410. The van der Waals surface area contributed by atoms with Crippen molar-refractivity contribution in [3.05, 3.63) is 107 Å². The molecule has 0 fully saturated rings. The van der Waals surface area contributed by atoms with E-state index in [1.54, 1.807) is 12.1 Å². The van der Waals surface area contributed by atoms with Crippen LogP contribution >= 0.6 is 0 Å². The van der Waals surface area contributed by atoms with Gasteiger partial charge in [0.1, 0.15) is 23.0 Å². The van der Waals surface area contributed by atoms with Crippen LogP contribution in [0.3, 0.4) is 0 Å². The van der Waals surface area contributed by atoms with Crippen molar-refractivity contribution < 1.29 is 14.9 Å². The smallest absolute Gasteiger partial charge is 0.132 e. The number of benzene rings is 5. The first-order valence-electron chi connectivity index (χ1n) is 10.9. The minimum Gasteiger partial charge on any atom is -0.508 e. The summed E-state index contributed by atoms with van der Waals surface area (Å²) >= 11 is 0. The van der Waals surface area contributed by atoms with Crippen LogP contribution in [-0.2, 0) is 6.42 Å². The molecule has 0 aromatic heterocycles. The molecule has 156 valence electrons. The van der Waals surface area contributed by atoms with Crippen molar-refractivity contribution in [3.8, 4) is 23.0 Å². The van der Waals surface area contributed by atoms with Crippen LogP contribution in [0.15, 0.2) is 84.9 Å². The third-order valence-corrected chi connectivity index (χ3v) is 6.53. The van der Waals surface area contributed by atoms with Gasteiger partial charge in [0.15, 0.2) is 0 Å². The first-order chi connectivity index (χ1) is 15.6. The van der Waals surface area contributed by atoms with E-state index in [1.165, 1.54) is 5.56 Å².